The Labute approximate surface area is 168 Å². The molecule has 0 amide bonds. The molecule has 0 radical (unpaired) electrons. The maximum Gasteiger partial charge on any atom is 0.338 e. The molecule has 0 aliphatic carbocycles. The fourth-order valence-electron chi connectivity index (χ4n) is 2.50. The average molecular weight is 432 g/mol. The SMILES string of the molecule is CCOC(=O)c1ccc(N(C)S(=O)(=O)c2ccc(OC)c(Cl)c2Cl)c(C)c1. The number of halogens is 2. The van der Waals surface area contributed by atoms with Crippen LogP contribution in [0.1, 0.15) is 22.8 Å². The first-order chi connectivity index (χ1) is 12.6. The van der Waals surface area contributed by atoms with Gasteiger partial charge < -0.3 is 9.47 Å². The van der Waals surface area contributed by atoms with Gasteiger partial charge in [-0.05, 0) is 49.7 Å². The number of benzene rings is 2. The Hall–Kier alpha value is -1.96. The van der Waals surface area contributed by atoms with Gasteiger partial charge in [-0.3, -0.25) is 4.31 Å². The van der Waals surface area contributed by atoms with E-state index in [1.54, 1.807) is 19.9 Å². The van der Waals surface area contributed by atoms with Crippen molar-refractivity contribution < 1.29 is 22.7 Å². The number of anilines is 1. The van der Waals surface area contributed by atoms with E-state index in [1.807, 2.05) is 0 Å². The van der Waals surface area contributed by atoms with Crippen molar-refractivity contribution in [1.82, 2.24) is 0 Å². The predicted molar refractivity (Wildman–Crippen MR) is 106 cm³/mol. The average Bonchev–Trinajstić information content (AvgIpc) is 2.63. The summed E-state index contributed by atoms with van der Waals surface area (Å²) in [6.45, 7) is 3.67. The summed E-state index contributed by atoms with van der Waals surface area (Å²) in [5.74, 6) is -0.194. The number of hydrogen-bond donors (Lipinski definition) is 0. The van der Waals surface area contributed by atoms with Crippen LogP contribution < -0.4 is 9.04 Å². The summed E-state index contributed by atoms with van der Waals surface area (Å²) in [5.41, 5.74) is 1.32. The van der Waals surface area contributed by atoms with Crippen molar-refractivity contribution in [2.45, 2.75) is 18.7 Å². The third kappa shape index (κ3) is 4.15. The fraction of sp³-hybridized carbons (Fsp3) is 0.278. The number of rotatable bonds is 6. The summed E-state index contributed by atoms with van der Waals surface area (Å²) in [4.78, 5) is 11.7. The van der Waals surface area contributed by atoms with E-state index in [9.17, 15) is 13.2 Å². The first-order valence-electron chi connectivity index (χ1n) is 7.93. The number of ether oxygens (including phenoxy) is 2. The van der Waals surface area contributed by atoms with Crippen LogP contribution in [0.25, 0.3) is 0 Å². The monoisotopic (exact) mass is 431 g/mol. The Morgan fingerprint density at radius 1 is 1.15 bits per heavy atom. The quantitative estimate of drug-likeness (QED) is 0.636. The Balaban J connectivity index is 2.46. The number of aryl methyl sites for hydroxylation is 1. The molecule has 9 heteroatoms. The summed E-state index contributed by atoms with van der Waals surface area (Å²) in [6.07, 6.45) is 0. The summed E-state index contributed by atoms with van der Waals surface area (Å²) < 4.78 is 37.1. The van der Waals surface area contributed by atoms with Gasteiger partial charge in [-0.15, -0.1) is 0 Å². The number of methoxy groups -OCH3 is 1. The zero-order valence-corrected chi connectivity index (χ0v) is 17.6. The molecule has 0 aromatic heterocycles. The maximum atomic E-state index is 13.0. The van der Waals surface area contributed by atoms with Gasteiger partial charge in [0.05, 0.1) is 30.0 Å². The molecule has 0 fully saturated rings. The van der Waals surface area contributed by atoms with Crippen molar-refractivity contribution in [1.29, 1.82) is 0 Å². The molecule has 0 saturated heterocycles. The molecule has 0 aliphatic heterocycles. The number of carbonyl (C=O) groups excluding carboxylic acids is 1. The van der Waals surface area contributed by atoms with Gasteiger partial charge >= 0.3 is 5.97 Å². The maximum absolute atomic E-state index is 13.0. The standard InChI is InChI=1S/C18H19Cl2NO5S/c1-5-26-18(22)12-6-7-13(11(2)10-12)21(3)27(23,24)15-9-8-14(25-4)16(19)17(15)20/h6-10H,5H2,1-4H3. The van der Waals surface area contributed by atoms with Gasteiger partial charge in [0, 0.05) is 7.05 Å². The number of hydrogen-bond acceptors (Lipinski definition) is 5. The van der Waals surface area contributed by atoms with E-state index in [-0.39, 0.29) is 27.3 Å². The molecule has 0 saturated carbocycles. The van der Waals surface area contributed by atoms with Crippen LogP contribution in [-0.2, 0) is 14.8 Å². The molecule has 146 valence electrons. The van der Waals surface area contributed by atoms with E-state index in [0.29, 0.717) is 16.8 Å². The van der Waals surface area contributed by atoms with Crippen molar-refractivity contribution in [2.75, 3.05) is 25.1 Å². The van der Waals surface area contributed by atoms with Crippen LogP contribution in [0.2, 0.25) is 10.0 Å². The van der Waals surface area contributed by atoms with Crippen LogP contribution >= 0.6 is 23.2 Å². The molecular formula is C18H19Cl2NO5S. The van der Waals surface area contributed by atoms with E-state index >= 15 is 0 Å². The number of carbonyl (C=O) groups is 1. The third-order valence-electron chi connectivity index (χ3n) is 3.92. The minimum atomic E-state index is -3.99. The van der Waals surface area contributed by atoms with Gasteiger partial charge in [0.2, 0.25) is 0 Å². The molecule has 0 heterocycles. The number of esters is 1. The normalized spacial score (nSPS) is 11.2. The van der Waals surface area contributed by atoms with Crippen molar-refractivity contribution in [2.24, 2.45) is 0 Å². The van der Waals surface area contributed by atoms with Crippen LogP contribution in [0.4, 0.5) is 5.69 Å². The molecule has 27 heavy (non-hydrogen) atoms. The molecule has 0 spiro atoms. The second-order valence-electron chi connectivity index (χ2n) is 5.59. The summed E-state index contributed by atoms with van der Waals surface area (Å²) >= 11 is 12.2. The van der Waals surface area contributed by atoms with E-state index in [0.717, 1.165) is 4.31 Å². The van der Waals surface area contributed by atoms with Gasteiger partial charge in [-0.1, -0.05) is 23.2 Å². The molecule has 0 atom stereocenters. The zero-order valence-electron chi connectivity index (χ0n) is 15.2. The summed E-state index contributed by atoms with van der Waals surface area (Å²) in [6, 6.07) is 7.39. The molecule has 6 nitrogen and oxygen atoms in total. The molecule has 2 aromatic rings. The van der Waals surface area contributed by atoms with Crippen molar-refractivity contribution in [3.05, 3.63) is 51.5 Å². The molecule has 2 rings (SSSR count). The van der Waals surface area contributed by atoms with E-state index < -0.39 is 16.0 Å². The van der Waals surface area contributed by atoms with Crippen molar-refractivity contribution >= 4 is 44.9 Å². The van der Waals surface area contributed by atoms with Gasteiger partial charge in [0.25, 0.3) is 10.0 Å². The van der Waals surface area contributed by atoms with Crippen LogP contribution in [0.5, 0.6) is 5.75 Å². The molecule has 0 N–H and O–H groups in total. The minimum Gasteiger partial charge on any atom is -0.495 e. The molecule has 0 aliphatic rings. The summed E-state index contributed by atoms with van der Waals surface area (Å²) in [5, 5.41) is -0.105. The van der Waals surface area contributed by atoms with Crippen LogP contribution in [-0.4, -0.2) is 35.2 Å². The molecular weight excluding hydrogens is 413 g/mol. The zero-order chi connectivity index (χ0) is 20.4. The van der Waals surface area contributed by atoms with Crippen molar-refractivity contribution in [3.8, 4) is 5.75 Å². The third-order valence-corrected chi connectivity index (χ3v) is 6.71. The van der Waals surface area contributed by atoms with Crippen LogP contribution in [0.15, 0.2) is 35.2 Å². The lowest BCUT2D eigenvalue weighted by atomic mass is 10.1. The van der Waals surface area contributed by atoms with Gasteiger partial charge in [0.15, 0.2) is 0 Å². The van der Waals surface area contributed by atoms with E-state index in [2.05, 4.69) is 0 Å². The highest BCUT2D eigenvalue weighted by atomic mass is 35.5. The number of nitrogens with zero attached hydrogens (tertiary/aromatic N) is 1. The molecule has 0 bridgehead atoms. The van der Waals surface area contributed by atoms with E-state index in [1.165, 1.54) is 38.4 Å². The smallest absolute Gasteiger partial charge is 0.338 e. The molecule has 2 aromatic carbocycles. The lowest BCUT2D eigenvalue weighted by molar-refractivity contribution is 0.0526. The van der Waals surface area contributed by atoms with Crippen LogP contribution in [0.3, 0.4) is 0 Å². The lowest BCUT2D eigenvalue weighted by Gasteiger charge is -2.23. The Bertz CT molecular complexity index is 976. The Kier molecular flexibility index (Phi) is 6.62. The summed E-state index contributed by atoms with van der Waals surface area (Å²) in [7, 11) is -1.18. The highest BCUT2D eigenvalue weighted by Gasteiger charge is 2.27. The Morgan fingerprint density at radius 2 is 1.81 bits per heavy atom. The highest BCUT2D eigenvalue weighted by molar-refractivity contribution is 7.93. The van der Waals surface area contributed by atoms with Crippen molar-refractivity contribution in [3.63, 3.8) is 0 Å². The Morgan fingerprint density at radius 3 is 2.37 bits per heavy atom. The van der Waals surface area contributed by atoms with E-state index in [4.69, 9.17) is 32.7 Å². The lowest BCUT2D eigenvalue weighted by Crippen LogP contribution is -2.27. The highest BCUT2D eigenvalue weighted by Crippen LogP contribution is 2.38. The second kappa shape index (κ2) is 8.37. The topological polar surface area (TPSA) is 72.9 Å². The predicted octanol–water partition coefficient (Wildman–Crippen LogP) is 4.31. The second-order valence-corrected chi connectivity index (χ2v) is 8.28. The van der Waals surface area contributed by atoms with Gasteiger partial charge in [-0.25, -0.2) is 13.2 Å². The van der Waals surface area contributed by atoms with Crippen LogP contribution in [0, 0.1) is 6.92 Å². The first-order valence-corrected chi connectivity index (χ1v) is 10.1. The minimum absolute atomic E-state index is 0.0167. The largest absolute Gasteiger partial charge is 0.495 e. The fourth-order valence-corrected chi connectivity index (χ4v) is 4.57. The molecule has 0 unspecified atom stereocenters. The van der Waals surface area contributed by atoms with Gasteiger partial charge in [0.1, 0.15) is 15.7 Å². The number of sulfonamides is 1. The van der Waals surface area contributed by atoms with Gasteiger partial charge in [-0.2, -0.15) is 0 Å². The first kappa shape index (κ1) is 21.3.